The van der Waals surface area contributed by atoms with Crippen LogP contribution in [-0.4, -0.2) is 16.1 Å². The molecule has 0 fully saturated rings. The van der Waals surface area contributed by atoms with Crippen molar-refractivity contribution in [3.63, 3.8) is 0 Å². The molecule has 2 rings (SSSR count). The molecule has 0 bridgehead atoms. The summed E-state index contributed by atoms with van der Waals surface area (Å²) in [5, 5.41) is 9.96. The summed E-state index contributed by atoms with van der Waals surface area (Å²) >= 11 is 1.22. The Bertz CT molecular complexity index is 572. The summed E-state index contributed by atoms with van der Waals surface area (Å²) in [7, 11) is 0. The monoisotopic (exact) mass is 275 g/mol. The zero-order chi connectivity index (χ0) is 13.8. The van der Waals surface area contributed by atoms with E-state index in [1.807, 2.05) is 19.1 Å². The number of carboxylic acid groups (broad SMARTS) is 1. The molecule has 0 aliphatic rings. The highest BCUT2D eigenvalue weighted by Crippen LogP contribution is 2.28. The molecular weight excluding hydrogens is 258 g/mol. The average molecular weight is 275 g/mol. The van der Waals surface area contributed by atoms with Crippen molar-refractivity contribution in [1.29, 1.82) is 0 Å². The predicted molar refractivity (Wildman–Crippen MR) is 77.9 cm³/mol. The van der Waals surface area contributed by atoms with E-state index in [4.69, 9.17) is 0 Å². The molecular formula is C15H17NO2S. The van der Waals surface area contributed by atoms with Gasteiger partial charge in [-0.25, -0.2) is 9.78 Å². The first-order chi connectivity index (χ1) is 9.11. The summed E-state index contributed by atoms with van der Waals surface area (Å²) in [4.78, 5) is 15.8. The van der Waals surface area contributed by atoms with Gasteiger partial charge in [0.1, 0.15) is 4.88 Å². The first-order valence-corrected chi connectivity index (χ1v) is 7.23. The van der Waals surface area contributed by atoms with E-state index in [2.05, 4.69) is 24.0 Å². The van der Waals surface area contributed by atoms with Gasteiger partial charge in [0.15, 0.2) is 0 Å². The van der Waals surface area contributed by atoms with Crippen molar-refractivity contribution in [3.8, 4) is 11.3 Å². The number of aromatic nitrogens is 1. The average Bonchev–Trinajstić information content (AvgIpc) is 2.79. The van der Waals surface area contributed by atoms with Gasteiger partial charge in [-0.15, -0.1) is 11.3 Å². The second-order valence-corrected chi connectivity index (χ2v) is 5.72. The summed E-state index contributed by atoms with van der Waals surface area (Å²) in [6, 6.07) is 8.05. The molecule has 0 saturated heterocycles. The first-order valence-electron chi connectivity index (χ1n) is 6.42. The van der Waals surface area contributed by atoms with E-state index in [1.165, 1.54) is 29.7 Å². The Labute approximate surface area is 116 Å². The van der Waals surface area contributed by atoms with E-state index in [9.17, 15) is 9.90 Å². The van der Waals surface area contributed by atoms with Crippen molar-refractivity contribution < 1.29 is 9.90 Å². The molecule has 19 heavy (non-hydrogen) atoms. The van der Waals surface area contributed by atoms with E-state index in [1.54, 1.807) is 0 Å². The lowest BCUT2D eigenvalue weighted by Gasteiger charge is -2.02. The molecule has 0 aliphatic heterocycles. The molecule has 0 radical (unpaired) electrons. The summed E-state index contributed by atoms with van der Waals surface area (Å²) in [5.41, 5.74) is 2.74. The van der Waals surface area contributed by atoms with Crippen LogP contribution in [0.1, 0.15) is 40.0 Å². The lowest BCUT2D eigenvalue weighted by Crippen LogP contribution is -1.95. The number of benzene rings is 1. The van der Waals surface area contributed by atoms with Crippen LogP contribution in [0.15, 0.2) is 24.3 Å². The maximum atomic E-state index is 11.2. The molecule has 100 valence electrons. The third-order valence-corrected chi connectivity index (χ3v) is 3.93. The standard InChI is InChI=1S/C15H17NO2S/c1-3-4-5-11-6-8-12(9-7-11)13-14(15(17)18)19-10(2)16-13/h6-9H,3-5H2,1-2H3,(H,17,18). The van der Waals surface area contributed by atoms with Crippen LogP contribution >= 0.6 is 11.3 Å². The highest BCUT2D eigenvalue weighted by molar-refractivity contribution is 7.14. The lowest BCUT2D eigenvalue weighted by atomic mass is 10.0. The van der Waals surface area contributed by atoms with Crippen LogP contribution in [0.4, 0.5) is 0 Å². The highest BCUT2D eigenvalue weighted by atomic mass is 32.1. The van der Waals surface area contributed by atoms with Crippen molar-refractivity contribution in [2.24, 2.45) is 0 Å². The highest BCUT2D eigenvalue weighted by Gasteiger charge is 2.16. The molecule has 0 saturated carbocycles. The summed E-state index contributed by atoms with van der Waals surface area (Å²) in [6.07, 6.45) is 3.42. The fourth-order valence-corrected chi connectivity index (χ4v) is 2.76. The van der Waals surface area contributed by atoms with Gasteiger partial charge in [-0.3, -0.25) is 0 Å². The Hall–Kier alpha value is -1.68. The third kappa shape index (κ3) is 3.20. The number of hydrogen-bond donors (Lipinski definition) is 1. The third-order valence-electron chi connectivity index (χ3n) is 2.97. The summed E-state index contributed by atoms with van der Waals surface area (Å²) in [5.74, 6) is -0.907. The maximum Gasteiger partial charge on any atom is 0.348 e. The number of nitrogens with zero attached hydrogens (tertiary/aromatic N) is 1. The Balaban J connectivity index is 2.29. The van der Waals surface area contributed by atoms with Gasteiger partial charge in [0.25, 0.3) is 0 Å². The van der Waals surface area contributed by atoms with Gasteiger partial charge in [-0.2, -0.15) is 0 Å². The first kappa shape index (κ1) is 13.7. The quantitative estimate of drug-likeness (QED) is 0.891. The fraction of sp³-hybridized carbons (Fsp3) is 0.333. The van der Waals surface area contributed by atoms with Crippen molar-refractivity contribution in [1.82, 2.24) is 4.98 Å². The number of aryl methyl sites for hydroxylation is 2. The summed E-state index contributed by atoms with van der Waals surface area (Å²) in [6.45, 7) is 4.00. The molecule has 0 amide bonds. The minimum Gasteiger partial charge on any atom is -0.477 e. The largest absolute Gasteiger partial charge is 0.477 e. The van der Waals surface area contributed by atoms with E-state index in [0.29, 0.717) is 10.6 Å². The second-order valence-electron chi connectivity index (χ2n) is 4.52. The number of thiazole rings is 1. The molecule has 1 aromatic heterocycles. The molecule has 0 unspecified atom stereocenters. The molecule has 1 aromatic carbocycles. The van der Waals surface area contributed by atoms with Gasteiger partial charge in [0.2, 0.25) is 0 Å². The molecule has 2 aromatic rings. The number of aromatic carboxylic acids is 1. The van der Waals surface area contributed by atoms with E-state index < -0.39 is 5.97 Å². The van der Waals surface area contributed by atoms with Crippen molar-refractivity contribution >= 4 is 17.3 Å². The molecule has 4 heteroatoms. The zero-order valence-corrected chi connectivity index (χ0v) is 12.0. The van der Waals surface area contributed by atoms with Crippen molar-refractivity contribution in [3.05, 3.63) is 39.7 Å². The van der Waals surface area contributed by atoms with E-state index in [0.717, 1.165) is 17.0 Å². The van der Waals surface area contributed by atoms with Crippen molar-refractivity contribution in [2.45, 2.75) is 33.1 Å². The zero-order valence-electron chi connectivity index (χ0n) is 11.1. The maximum absolute atomic E-state index is 11.2. The van der Waals surface area contributed by atoms with Crippen LogP contribution < -0.4 is 0 Å². The topological polar surface area (TPSA) is 50.2 Å². The normalized spacial score (nSPS) is 10.6. The second kappa shape index (κ2) is 5.97. The van der Waals surface area contributed by atoms with Crippen molar-refractivity contribution in [2.75, 3.05) is 0 Å². The van der Waals surface area contributed by atoms with E-state index >= 15 is 0 Å². The molecule has 3 nitrogen and oxygen atoms in total. The number of unbranched alkanes of at least 4 members (excludes halogenated alkanes) is 1. The number of rotatable bonds is 5. The van der Waals surface area contributed by atoms with Gasteiger partial charge in [-0.1, -0.05) is 37.6 Å². The molecule has 1 heterocycles. The van der Waals surface area contributed by atoms with Gasteiger partial charge < -0.3 is 5.11 Å². The van der Waals surface area contributed by atoms with Crippen LogP contribution in [0.25, 0.3) is 11.3 Å². The predicted octanol–water partition coefficient (Wildman–Crippen LogP) is 4.16. The van der Waals surface area contributed by atoms with Crippen LogP contribution in [0.5, 0.6) is 0 Å². The molecule has 1 N–H and O–H groups in total. The Morgan fingerprint density at radius 1 is 1.32 bits per heavy atom. The molecule has 0 atom stereocenters. The SMILES string of the molecule is CCCCc1ccc(-c2nc(C)sc2C(=O)O)cc1. The number of carbonyl (C=O) groups is 1. The minimum atomic E-state index is -0.907. The fourth-order valence-electron chi connectivity index (χ4n) is 1.98. The van der Waals surface area contributed by atoms with Gasteiger partial charge in [0, 0.05) is 5.56 Å². The number of hydrogen-bond acceptors (Lipinski definition) is 3. The van der Waals surface area contributed by atoms with Crippen LogP contribution in [0.3, 0.4) is 0 Å². The van der Waals surface area contributed by atoms with Gasteiger partial charge in [0.05, 0.1) is 10.7 Å². The Kier molecular flexibility index (Phi) is 4.32. The smallest absolute Gasteiger partial charge is 0.348 e. The van der Waals surface area contributed by atoms with Gasteiger partial charge >= 0.3 is 5.97 Å². The van der Waals surface area contributed by atoms with Gasteiger partial charge in [-0.05, 0) is 25.3 Å². The lowest BCUT2D eigenvalue weighted by molar-refractivity contribution is 0.0702. The minimum absolute atomic E-state index is 0.318. The number of carboxylic acids is 1. The summed E-state index contributed by atoms with van der Waals surface area (Å²) < 4.78 is 0. The molecule has 0 spiro atoms. The van der Waals surface area contributed by atoms with Crippen LogP contribution in [0.2, 0.25) is 0 Å². The Morgan fingerprint density at radius 2 is 2.00 bits per heavy atom. The van der Waals surface area contributed by atoms with E-state index in [-0.39, 0.29) is 0 Å². The van der Waals surface area contributed by atoms with Crippen LogP contribution in [-0.2, 0) is 6.42 Å². The van der Waals surface area contributed by atoms with Crippen LogP contribution in [0, 0.1) is 6.92 Å². The Morgan fingerprint density at radius 3 is 2.58 bits per heavy atom. The molecule has 0 aliphatic carbocycles.